The third-order valence-electron chi connectivity index (χ3n) is 4.49. The van der Waals surface area contributed by atoms with Gasteiger partial charge in [0.05, 0.1) is 25.3 Å². The van der Waals surface area contributed by atoms with Crippen molar-refractivity contribution in [3.8, 4) is 11.8 Å². The van der Waals surface area contributed by atoms with E-state index >= 15 is 0 Å². The lowest BCUT2D eigenvalue weighted by Crippen LogP contribution is -2.53. The van der Waals surface area contributed by atoms with E-state index < -0.39 is 12.1 Å². The summed E-state index contributed by atoms with van der Waals surface area (Å²) in [6.45, 7) is 1.77. The first kappa shape index (κ1) is 17.6. The van der Waals surface area contributed by atoms with Crippen molar-refractivity contribution >= 4 is 18.1 Å². The molecule has 3 amide bonds. The summed E-state index contributed by atoms with van der Waals surface area (Å²) < 4.78 is 4.68. The first-order chi connectivity index (χ1) is 12.5. The van der Waals surface area contributed by atoms with Crippen LogP contribution < -0.4 is 0 Å². The summed E-state index contributed by atoms with van der Waals surface area (Å²) in [6, 6.07) is 6.54. The fraction of sp³-hybridized carbons (Fsp3) is 0.389. The Morgan fingerprint density at radius 2 is 2.12 bits per heavy atom. The maximum Gasteiger partial charge on any atom is 0.407 e. The standard InChI is InChI=1S/C18H19N3O5/c1-26-16(22)14-6-2-4-13(10-14)5-3-7-19-11-15-12-20(18(24)25)8-9-21(15)17(19)23/h2,4,6,10,15H,7-9,11-12H2,1H3,(H,24,25). The number of piperazine rings is 1. The molecule has 0 spiro atoms. The Morgan fingerprint density at radius 3 is 2.85 bits per heavy atom. The summed E-state index contributed by atoms with van der Waals surface area (Å²) >= 11 is 0. The molecule has 3 rings (SSSR count). The summed E-state index contributed by atoms with van der Waals surface area (Å²) in [5, 5.41) is 9.09. The van der Waals surface area contributed by atoms with Gasteiger partial charge >= 0.3 is 18.1 Å². The van der Waals surface area contributed by atoms with E-state index in [0.717, 1.165) is 0 Å². The second-order valence-electron chi connectivity index (χ2n) is 6.11. The predicted octanol–water partition coefficient (Wildman–Crippen LogP) is 0.925. The zero-order valence-corrected chi connectivity index (χ0v) is 14.3. The van der Waals surface area contributed by atoms with Crippen molar-refractivity contribution in [3.63, 3.8) is 0 Å². The Bertz CT molecular complexity index is 798. The zero-order chi connectivity index (χ0) is 18.7. The lowest BCUT2D eigenvalue weighted by Gasteiger charge is -2.34. The Labute approximate surface area is 150 Å². The van der Waals surface area contributed by atoms with E-state index in [1.54, 1.807) is 34.1 Å². The smallest absolute Gasteiger partial charge is 0.407 e. The monoisotopic (exact) mass is 357 g/mol. The van der Waals surface area contributed by atoms with Crippen molar-refractivity contribution in [1.82, 2.24) is 14.7 Å². The summed E-state index contributed by atoms with van der Waals surface area (Å²) in [6.07, 6.45) is -0.958. The SMILES string of the molecule is COC(=O)c1cccc(C#CCN2CC3CN(C(=O)O)CCN3C2=O)c1. The van der Waals surface area contributed by atoms with Gasteiger partial charge in [-0.1, -0.05) is 17.9 Å². The van der Waals surface area contributed by atoms with Gasteiger partial charge in [-0.15, -0.1) is 0 Å². The number of benzene rings is 1. The Balaban J connectivity index is 1.63. The first-order valence-corrected chi connectivity index (χ1v) is 8.20. The van der Waals surface area contributed by atoms with Crippen molar-refractivity contribution in [2.75, 3.05) is 39.8 Å². The van der Waals surface area contributed by atoms with Gasteiger partial charge in [0.1, 0.15) is 0 Å². The van der Waals surface area contributed by atoms with E-state index in [1.807, 2.05) is 0 Å². The van der Waals surface area contributed by atoms with Crippen LogP contribution in [0.4, 0.5) is 9.59 Å². The molecular formula is C18H19N3O5. The van der Waals surface area contributed by atoms with Crippen LogP contribution in [-0.4, -0.2) is 83.8 Å². The first-order valence-electron chi connectivity index (χ1n) is 8.20. The van der Waals surface area contributed by atoms with E-state index in [1.165, 1.54) is 12.0 Å². The van der Waals surface area contributed by atoms with Crippen LogP contribution in [0.3, 0.4) is 0 Å². The maximum atomic E-state index is 12.4. The predicted molar refractivity (Wildman–Crippen MR) is 91.7 cm³/mol. The summed E-state index contributed by atoms with van der Waals surface area (Å²) in [7, 11) is 1.32. The summed E-state index contributed by atoms with van der Waals surface area (Å²) in [5.41, 5.74) is 1.08. The van der Waals surface area contributed by atoms with Gasteiger partial charge < -0.3 is 24.5 Å². The highest BCUT2D eigenvalue weighted by Gasteiger charge is 2.41. The fourth-order valence-electron chi connectivity index (χ4n) is 3.16. The van der Waals surface area contributed by atoms with Crippen LogP contribution in [0.1, 0.15) is 15.9 Å². The van der Waals surface area contributed by atoms with Gasteiger partial charge in [0.15, 0.2) is 0 Å². The Kier molecular flexibility index (Phi) is 4.98. The second-order valence-corrected chi connectivity index (χ2v) is 6.11. The minimum absolute atomic E-state index is 0.113. The van der Waals surface area contributed by atoms with Crippen molar-refractivity contribution in [1.29, 1.82) is 0 Å². The van der Waals surface area contributed by atoms with Crippen LogP contribution in [0.2, 0.25) is 0 Å². The highest BCUT2D eigenvalue weighted by Crippen LogP contribution is 2.20. The lowest BCUT2D eigenvalue weighted by molar-refractivity contribution is 0.0600. The van der Waals surface area contributed by atoms with E-state index in [4.69, 9.17) is 5.11 Å². The van der Waals surface area contributed by atoms with Crippen LogP contribution in [-0.2, 0) is 4.74 Å². The average Bonchev–Trinajstić information content (AvgIpc) is 2.96. The number of carbonyl (C=O) groups excluding carboxylic acids is 2. The molecule has 8 nitrogen and oxygen atoms in total. The Hall–Kier alpha value is -3.21. The second kappa shape index (κ2) is 7.35. The summed E-state index contributed by atoms with van der Waals surface area (Å²) in [4.78, 5) is 39.7. The van der Waals surface area contributed by atoms with Gasteiger partial charge in [-0.05, 0) is 18.2 Å². The van der Waals surface area contributed by atoms with E-state index in [0.29, 0.717) is 37.3 Å². The van der Waals surface area contributed by atoms with Gasteiger partial charge in [-0.3, -0.25) is 0 Å². The van der Waals surface area contributed by atoms with Gasteiger partial charge in [0.2, 0.25) is 0 Å². The molecule has 2 aliphatic rings. The van der Waals surface area contributed by atoms with Crippen LogP contribution >= 0.6 is 0 Å². The number of ether oxygens (including phenoxy) is 1. The molecule has 136 valence electrons. The highest BCUT2D eigenvalue weighted by atomic mass is 16.5. The number of carbonyl (C=O) groups is 3. The molecule has 2 aliphatic heterocycles. The number of hydrogen-bond donors (Lipinski definition) is 1. The van der Waals surface area contributed by atoms with Gasteiger partial charge in [-0.2, -0.15) is 0 Å². The van der Waals surface area contributed by atoms with Crippen molar-refractivity contribution in [2.45, 2.75) is 6.04 Å². The number of rotatable bonds is 2. The normalized spacial score (nSPS) is 18.9. The number of nitrogens with zero attached hydrogens (tertiary/aromatic N) is 3. The topological polar surface area (TPSA) is 90.4 Å². The number of fused-ring (bicyclic) bond motifs is 1. The van der Waals surface area contributed by atoms with Crippen LogP contribution in [0.25, 0.3) is 0 Å². The number of urea groups is 1. The molecule has 1 atom stereocenters. The van der Waals surface area contributed by atoms with Gasteiger partial charge in [0.25, 0.3) is 0 Å². The number of methoxy groups -OCH3 is 1. The average molecular weight is 357 g/mol. The fourth-order valence-corrected chi connectivity index (χ4v) is 3.16. The van der Waals surface area contributed by atoms with Crippen molar-refractivity contribution < 1.29 is 24.2 Å². The molecule has 2 saturated heterocycles. The highest BCUT2D eigenvalue weighted by molar-refractivity contribution is 5.89. The molecule has 0 saturated carbocycles. The largest absolute Gasteiger partial charge is 0.465 e. The number of hydrogen-bond acceptors (Lipinski definition) is 4. The van der Waals surface area contributed by atoms with E-state index in [9.17, 15) is 14.4 Å². The molecule has 0 bridgehead atoms. The molecule has 2 fully saturated rings. The molecule has 0 aromatic heterocycles. The zero-order valence-electron chi connectivity index (χ0n) is 14.3. The minimum atomic E-state index is -0.958. The molecule has 8 heteroatoms. The van der Waals surface area contributed by atoms with Crippen molar-refractivity contribution in [3.05, 3.63) is 35.4 Å². The maximum absolute atomic E-state index is 12.4. The lowest BCUT2D eigenvalue weighted by atomic mass is 10.1. The van der Waals surface area contributed by atoms with Crippen molar-refractivity contribution in [2.24, 2.45) is 0 Å². The molecular weight excluding hydrogens is 338 g/mol. The molecule has 1 N–H and O–H groups in total. The van der Waals surface area contributed by atoms with Crippen LogP contribution in [0.15, 0.2) is 24.3 Å². The molecule has 1 aromatic rings. The number of carboxylic acid groups (broad SMARTS) is 1. The molecule has 0 radical (unpaired) electrons. The molecule has 1 unspecified atom stereocenters. The molecule has 2 heterocycles. The molecule has 1 aromatic carbocycles. The van der Waals surface area contributed by atoms with E-state index in [-0.39, 0.29) is 18.6 Å². The van der Waals surface area contributed by atoms with Crippen LogP contribution in [0, 0.1) is 11.8 Å². The van der Waals surface area contributed by atoms with Crippen LogP contribution in [0.5, 0.6) is 0 Å². The van der Waals surface area contributed by atoms with Gasteiger partial charge in [0, 0.05) is 31.7 Å². The third-order valence-corrected chi connectivity index (χ3v) is 4.49. The van der Waals surface area contributed by atoms with E-state index in [2.05, 4.69) is 16.6 Å². The number of amides is 3. The van der Waals surface area contributed by atoms with Gasteiger partial charge in [-0.25, -0.2) is 14.4 Å². The minimum Gasteiger partial charge on any atom is -0.465 e. The Morgan fingerprint density at radius 1 is 1.31 bits per heavy atom. The summed E-state index contributed by atoms with van der Waals surface area (Å²) in [5.74, 6) is 5.47. The number of esters is 1. The molecule has 0 aliphatic carbocycles. The quantitative estimate of drug-likeness (QED) is 0.628. The molecule has 26 heavy (non-hydrogen) atoms. The third kappa shape index (κ3) is 3.57.